The molecule has 1 radical (unpaired) electrons. The molecule has 2 heteroatoms. The van der Waals surface area contributed by atoms with Gasteiger partial charge in [-0.2, -0.15) is 0 Å². The number of hydrogen-bond donors (Lipinski definition) is 1. The minimum absolute atomic E-state index is 0. The molecule has 1 aromatic carbocycles. The topological polar surface area (TPSA) is 26.0 Å². The second kappa shape index (κ2) is 5.00. The molecule has 43 valence electrons. The Kier molecular flexibility index (Phi) is 5.10. The minimum atomic E-state index is 0. The molecule has 0 fully saturated rings. The molecule has 0 aromatic heterocycles. The van der Waals surface area contributed by atoms with Crippen molar-refractivity contribution in [2.75, 3.05) is 0 Å². The van der Waals surface area contributed by atoms with Gasteiger partial charge in [-0.15, -0.1) is 0 Å². The second-order valence-electron chi connectivity index (χ2n) is 1.61. The maximum atomic E-state index is 5.34. The Balaban J connectivity index is 0.000000640. The predicted molar refractivity (Wildman–Crippen MR) is 40.3 cm³/mol. The van der Waals surface area contributed by atoms with Gasteiger partial charge in [0.05, 0.1) is 0 Å². The third-order valence-electron chi connectivity index (χ3n) is 1.02. The van der Waals surface area contributed by atoms with Gasteiger partial charge in [0.1, 0.15) is 0 Å². The number of benzene rings is 1. The van der Waals surface area contributed by atoms with Crippen molar-refractivity contribution < 1.29 is 0 Å². The van der Waals surface area contributed by atoms with Crippen molar-refractivity contribution >= 4 is 29.6 Å². The molecule has 0 heterocycles. The van der Waals surface area contributed by atoms with E-state index in [0.717, 1.165) is 5.56 Å². The fourth-order valence-electron chi connectivity index (χ4n) is 0.557. The van der Waals surface area contributed by atoms with Gasteiger partial charge in [0.15, 0.2) is 0 Å². The molecule has 1 rings (SSSR count). The summed E-state index contributed by atoms with van der Waals surface area (Å²) in [4.78, 5) is 0. The fourth-order valence-corrected chi connectivity index (χ4v) is 0.557. The van der Waals surface area contributed by atoms with Crippen LogP contribution < -0.4 is 5.73 Å². The van der Waals surface area contributed by atoms with Gasteiger partial charge in [-0.05, 0) is 11.6 Å². The Labute approximate surface area is 77.5 Å². The van der Waals surface area contributed by atoms with Crippen molar-refractivity contribution in [1.82, 2.24) is 0 Å². The van der Waals surface area contributed by atoms with Crippen LogP contribution in [0.15, 0.2) is 24.3 Å². The predicted octanol–water partition coefficient (Wildman–Crippen LogP) is 0.297. The Bertz CT molecular complexity index is 150. The first-order chi connectivity index (χ1) is 3.93. The monoisotopic (exact) mass is 130 g/mol. The molecule has 9 heavy (non-hydrogen) atoms. The van der Waals surface area contributed by atoms with E-state index in [0.29, 0.717) is 6.54 Å². The van der Waals surface area contributed by atoms with Crippen LogP contribution in [0.2, 0.25) is 0 Å². The molecule has 0 aliphatic carbocycles. The van der Waals surface area contributed by atoms with Crippen LogP contribution in [0.25, 0.3) is 0 Å². The van der Waals surface area contributed by atoms with Gasteiger partial charge in [0.2, 0.25) is 0 Å². The summed E-state index contributed by atoms with van der Waals surface area (Å²) in [6.07, 6.45) is 0. The molecule has 0 bridgehead atoms. The zero-order valence-electron chi connectivity index (χ0n) is 4.59. The van der Waals surface area contributed by atoms with E-state index in [1.165, 1.54) is 0 Å². The van der Waals surface area contributed by atoms with Crippen molar-refractivity contribution in [2.45, 2.75) is 6.54 Å². The van der Waals surface area contributed by atoms with Gasteiger partial charge >= 0.3 is 29.6 Å². The van der Waals surface area contributed by atoms with Crippen molar-refractivity contribution in [1.29, 1.82) is 0 Å². The molecule has 0 saturated heterocycles. The summed E-state index contributed by atoms with van der Waals surface area (Å²) in [5.41, 5.74) is 6.49. The summed E-state index contributed by atoms with van der Waals surface area (Å²) in [6, 6.07) is 10.6. The standard InChI is InChI=1S/C7H8N.Na.H/c8-6-7-4-2-1-3-5-7;;/h2-5H,6,8H2;;. The van der Waals surface area contributed by atoms with Gasteiger partial charge in [0, 0.05) is 6.54 Å². The Morgan fingerprint density at radius 3 is 2.22 bits per heavy atom. The van der Waals surface area contributed by atoms with E-state index in [1.807, 2.05) is 24.3 Å². The van der Waals surface area contributed by atoms with E-state index >= 15 is 0 Å². The van der Waals surface area contributed by atoms with Gasteiger partial charge in [0.25, 0.3) is 0 Å². The molecule has 0 amide bonds. The third-order valence-corrected chi connectivity index (χ3v) is 1.02. The average molecular weight is 130 g/mol. The Morgan fingerprint density at radius 1 is 1.33 bits per heavy atom. The average Bonchev–Trinajstić information content (AvgIpc) is 1.90. The number of rotatable bonds is 1. The van der Waals surface area contributed by atoms with Gasteiger partial charge in [-0.3, -0.25) is 0 Å². The molecule has 1 nitrogen and oxygen atoms in total. The van der Waals surface area contributed by atoms with Crippen molar-refractivity contribution in [3.8, 4) is 0 Å². The molecule has 0 aliphatic heterocycles. The van der Waals surface area contributed by atoms with E-state index in [4.69, 9.17) is 5.73 Å². The Morgan fingerprint density at radius 2 is 1.89 bits per heavy atom. The molecule has 0 unspecified atom stereocenters. The summed E-state index contributed by atoms with van der Waals surface area (Å²) < 4.78 is 0. The van der Waals surface area contributed by atoms with E-state index in [9.17, 15) is 0 Å². The summed E-state index contributed by atoms with van der Waals surface area (Å²) >= 11 is 0. The molecular weight excluding hydrogens is 121 g/mol. The van der Waals surface area contributed by atoms with Crippen LogP contribution in [0.3, 0.4) is 0 Å². The van der Waals surface area contributed by atoms with Crippen LogP contribution >= 0.6 is 0 Å². The van der Waals surface area contributed by atoms with Crippen molar-refractivity contribution in [3.05, 3.63) is 35.9 Å². The summed E-state index contributed by atoms with van der Waals surface area (Å²) in [6.45, 7) is 0.620. The van der Waals surface area contributed by atoms with E-state index in [1.54, 1.807) is 0 Å². The molecule has 0 spiro atoms. The van der Waals surface area contributed by atoms with Crippen molar-refractivity contribution in [2.24, 2.45) is 5.73 Å². The first-order valence-electron chi connectivity index (χ1n) is 2.58. The van der Waals surface area contributed by atoms with Gasteiger partial charge in [-0.1, -0.05) is 24.3 Å². The number of nitrogens with two attached hydrogens (primary N) is 1. The summed E-state index contributed by atoms with van der Waals surface area (Å²) in [7, 11) is 0. The molecular formula is C7H9NNa. The second-order valence-corrected chi connectivity index (χ2v) is 1.61. The molecule has 2 N–H and O–H groups in total. The first kappa shape index (κ1) is 9.18. The normalized spacial score (nSPS) is 8.11. The van der Waals surface area contributed by atoms with E-state index in [2.05, 4.69) is 6.07 Å². The SMILES string of the molecule is NCc1cc[c]cc1.[NaH]. The zero-order valence-corrected chi connectivity index (χ0v) is 4.59. The summed E-state index contributed by atoms with van der Waals surface area (Å²) in [5, 5.41) is 0. The first-order valence-corrected chi connectivity index (χ1v) is 2.58. The maximum absolute atomic E-state index is 5.34. The van der Waals surface area contributed by atoms with Crippen LogP contribution in [0.5, 0.6) is 0 Å². The van der Waals surface area contributed by atoms with Gasteiger partial charge in [-0.25, -0.2) is 0 Å². The molecule has 1 aromatic rings. The van der Waals surface area contributed by atoms with Crippen molar-refractivity contribution in [3.63, 3.8) is 0 Å². The third kappa shape index (κ3) is 3.01. The molecule has 0 atom stereocenters. The fraction of sp³-hybridized carbons (Fsp3) is 0.143. The van der Waals surface area contributed by atoms with Crippen LogP contribution in [0, 0.1) is 6.07 Å². The summed E-state index contributed by atoms with van der Waals surface area (Å²) in [5.74, 6) is 0. The van der Waals surface area contributed by atoms with Crippen LogP contribution in [0.1, 0.15) is 5.56 Å². The zero-order chi connectivity index (χ0) is 5.82. The van der Waals surface area contributed by atoms with Crippen LogP contribution in [0.4, 0.5) is 0 Å². The van der Waals surface area contributed by atoms with E-state index in [-0.39, 0.29) is 29.6 Å². The van der Waals surface area contributed by atoms with Crippen LogP contribution in [-0.2, 0) is 6.54 Å². The molecule has 0 saturated carbocycles. The number of hydrogen-bond acceptors (Lipinski definition) is 1. The van der Waals surface area contributed by atoms with Gasteiger partial charge < -0.3 is 5.73 Å². The quantitative estimate of drug-likeness (QED) is 0.543. The van der Waals surface area contributed by atoms with E-state index < -0.39 is 0 Å². The van der Waals surface area contributed by atoms with Crippen LogP contribution in [-0.4, -0.2) is 29.6 Å². The Hall–Kier alpha value is 0.180. The molecule has 0 aliphatic rings.